The lowest BCUT2D eigenvalue weighted by atomic mass is 10.1. The Kier molecular flexibility index (Phi) is 3.66. The van der Waals surface area contributed by atoms with Crippen LogP contribution in [-0.4, -0.2) is 29.2 Å². The van der Waals surface area contributed by atoms with Crippen molar-refractivity contribution in [3.63, 3.8) is 0 Å². The van der Waals surface area contributed by atoms with Gasteiger partial charge < -0.3 is 10.1 Å². The summed E-state index contributed by atoms with van der Waals surface area (Å²) in [5.41, 5.74) is 0.197. The fourth-order valence-corrected chi connectivity index (χ4v) is 2.54. The monoisotopic (exact) mass is 291 g/mol. The molecule has 0 saturated carbocycles. The molecule has 1 aromatic heterocycles. The van der Waals surface area contributed by atoms with Gasteiger partial charge in [-0.15, -0.1) is 0 Å². The van der Waals surface area contributed by atoms with E-state index in [1.165, 1.54) is 6.20 Å². The number of halogens is 1. The molecule has 2 heterocycles. The molecule has 0 radical (unpaired) electrons. The molecule has 1 saturated heterocycles. The normalized spacial score (nSPS) is 18.6. The minimum Gasteiger partial charge on any atom is -0.379 e. The van der Waals surface area contributed by atoms with Crippen molar-refractivity contribution in [2.45, 2.75) is 18.9 Å². The first-order valence-corrected chi connectivity index (χ1v) is 6.72. The summed E-state index contributed by atoms with van der Waals surface area (Å²) in [4.78, 5) is 14.5. The second kappa shape index (κ2) is 5.61. The van der Waals surface area contributed by atoms with Gasteiger partial charge in [-0.1, -0.05) is 0 Å². The van der Waals surface area contributed by atoms with Gasteiger partial charge in [0.05, 0.1) is 28.7 Å². The molecule has 1 atom stereocenters. The average molecular weight is 291 g/mol. The van der Waals surface area contributed by atoms with Crippen molar-refractivity contribution in [3.05, 3.63) is 40.3 Å². The second-order valence-electron chi connectivity index (χ2n) is 4.97. The smallest absolute Gasteiger partial charge is 0.281 e. The quantitative estimate of drug-likeness (QED) is 0.695. The van der Waals surface area contributed by atoms with E-state index in [1.807, 2.05) is 0 Å². The van der Waals surface area contributed by atoms with Crippen molar-refractivity contribution in [1.82, 2.24) is 4.98 Å². The van der Waals surface area contributed by atoms with E-state index in [0.29, 0.717) is 18.6 Å². The topological polar surface area (TPSA) is 77.3 Å². The Morgan fingerprint density at radius 3 is 3.10 bits per heavy atom. The Labute approximate surface area is 120 Å². The Balaban J connectivity index is 2.07. The molecule has 3 rings (SSSR count). The third kappa shape index (κ3) is 2.64. The van der Waals surface area contributed by atoms with E-state index < -0.39 is 10.7 Å². The summed E-state index contributed by atoms with van der Waals surface area (Å²) in [5.74, 6) is -0.668. The lowest BCUT2D eigenvalue weighted by Crippen LogP contribution is -2.30. The lowest BCUT2D eigenvalue weighted by molar-refractivity contribution is -0.383. The molecule has 21 heavy (non-hydrogen) atoms. The molecule has 1 fully saturated rings. The number of non-ortho nitro benzene ring substituents is 1. The van der Waals surface area contributed by atoms with Crippen LogP contribution in [0.1, 0.15) is 12.8 Å². The fourth-order valence-electron chi connectivity index (χ4n) is 2.54. The van der Waals surface area contributed by atoms with Crippen LogP contribution in [0.5, 0.6) is 0 Å². The van der Waals surface area contributed by atoms with Gasteiger partial charge in [0.25, 0.3) is 5.69 Å². The zero-order chi connectivity index (χ0) is 14.8. The number of nitrogens with one attached hydrogen (secondary N) is 1. The maximum atomic E-state index is 14.2. The minimum atomic E-state index is -0.668. The molecule has 0 aliphatic carbocycles. The number of nitro benzene ring substituents is 1. The first-order valence-electron chi connectivity index (χ1n) is 6.72. The van der Waals surface area contributed by atoms with Crippen molar-refractivity contribution in [1.29, 1.82) is 0 Å². The maximum Gasteiger partial charge on any atom is 0.281 e. The minimum absolute atomic E-state index is 0.0140. The molecular weight excluding hydrogens is 277 g/mol. The van der Waals surface area contributed by atoms with E-state index in [2.05, 4.69) is 10.3 Å². The molecule has 1 aliphatic rings. The molecule has 1 unspecified atom stereocenters. The van der Waals surface area contributed by atoms with Crippen LogP contribution in [0.15, 0.2) is 24.4 Å². The van der Waals surface area contributed by atoms with Crippen molar-refractivity contribution in [3.8, 4) is 0 Å². The number of benzene rings is 1. The molecule has 7 heteroatoms. The lowest BCUT2D eigenvalue weighted by Gasteiger charge is -2.24. The molecule has 0 bridgehead atoms. The third-order valence-electron chi connectivity index (χ3n) is 3.53. The van der Waals surface area contributed by atoms with Gasteiger partial charge in [-0.3, -0.25) is 15.1 Å². The van der Waals surface area contributed by atoms with Crippen molar-refractivity contribution < 1.29 is 14.1 Å². The zero-order valence-electron chi connectivity index (χ0n) is 11.2. The standard InChI is InChI=1S/C14H14FN3O3/c15-11-7-12(18(19)20)10-4-1-5-16-13(10)14(11)17-9-3-2-6-21-8-9/h1,4-5,7,9,17H,2-3,6,8H2. The summed E-state index contributed by atoms with van der Waals surface area (Å²) >= 11 is 0. The van der Waals surface area contributed by atoms with Gasteiger partial charge in [-0.2, -0.15) is 0 Å². The Morgan fingerprint density at radius 1 is 1.52 bits per heavy atom. The van der Waals surface area contributed by atoms with E-state index in [4.69, 9.17) is 4.74 Å². The molecule has 6 nitrogen and oxygen atoms in total. The number of nitrogens with zero attached hydrogens (tertiary/aromatic N) is 2. The van der Waals surface area contributed by atoms with Crippen molar-refractivity contribution >= 4 is 22.3 Å². The van der Waals surface area contributed by atoms with Gasteiger partial charge >= 0.3 is 0 Å². The number of pyridine rings is 1. The van der Waals surface area contributed by atoms with E-state index in [9.17, 15) is 14.5 Å². The average Bonchev–Trinajstić information content (AvgIpc) is 2.50. The van der Waals surface area contributed by atoms with Crippen LogP contribution in [0.4, 0.5) is 15.8 Å². The fraction of sp³-hybridized carbons (Fsp3) is 0.357. The molecule has 2 aromatic rings. The van der Waals surface area contributed by atoms with Crippen LogP contribution in [0.2, 0.25) is 0 Å². The molecule has 110 valence electrons. The second-order valence-corrected chi connectivity index (χ2v) is 4.97. The predicted octanol–water partition coefficient (Wildman–Crippen LogP) is 2.87. The number of fused-ring (bicyclic) bond motifs is 1. The van der Waals surface area contributed by atoms with Crippen LogP contribution < -0.4 is 5.32 Å². The van der Waals surface area contributed by atoms with Gasteiger partial charge in [0, 0.05) is 18.8 Å². The maximum absolute atomic E-state index is 14.2. The van der Waals surface area contributed by atoms with Gasteiger partial charge in [-0.05, 0) is 25.0 Å². The number of nitro groups is 1. The van der Waals surface area contributed by atoms with Crippen molar-refractivity contribution in [2.75, 3.05) is 18.5 Å². The summed E-state index contributed by atoms with van der Waals surface area (Å²) < 4.78 is 19.6. The van der Waals surface area contributed by atoms with Gasteiger partial charge in [-0.25, -0.2) is 4.39 Å². The summed E-state index contributed by atoms with van der Waals surface area (Å²) in [5, 5.41) is 14.4. The van der Waals surface area contributed by atoms with Crippen LogP contribution in [0.3, 0.4) is 0 Å². The highest BCUT2D eigenvalue weighted by Gasteiger charge is 2.22. The number of hydrogen-bond acceptors (Lipinski definition) is 5. The summed E-state index contributed by atoms with van der Waals surface area (Å²) in [6.07, 6.45) is 3.26. The SMILES string of the molecule is O=[N+]([O-])c1cc(F)c(NC2CCCOC2)c2ncccc12. The van der Waals surface area contributed by atoms with Gasteiger partial charge in [0.15, 0.2) is 5.82 Å². The van der Waals surface area contributed by atoms with E-state index >= 15 is 0 Å². The molecule has 0 amide bonds. The third-order valence-corrected chi connectivity index (χ3v) is 3.53. The number of anilines is 1. The largest absolute Gasteiger partial charge is 0.379 e. The van der Waals surface area contributed by atoms with Gasteiger partial charge in [0.1, 0.15) is 5.52 Å². The first-order chi connectivity index (χ1) is 10.2. The van der Waals surface area contributed by atoms with Crippen LogP contribution in [-0.2, 0) is 4.74 Å². The highest BCUT2D eigenvalue weighted by molar-refractivity contribution is 5.97. The number of hydrogen-bond donors (Lipinski definition) is 1. The zero-order valence-corrected chi connectivity index (χ0v) is 11.2. The highest BCUT2D eigenvalue weighted by atomic mass is 19.1. The van der Waals surface area contributed by atoms with Crippen LogP contribution in [0, 0.1) is 15.9 Å². The molecule has 1 aromatic carbocycles. The summed E-state index contributed by atoms with van der Waals surface area (Å²) in [7, 11) is 0. The summed E-state index contributed by atoms with van der Waals surface area (Å²) in [6.45, 7) is 1.20. The summed E-state index contributed by atoms with van der Waals surface area (Å²) in [6, 6.07) is 4.10. The molecule has 0 spiro atoms. The van der Waals surface area contributed by atoms with Gasteiger partial charge in [0.2, 0.25) is 0 Å². The number of aromatic nitrogens is 1. The Morgan fingerprint density at radius 2 is 2.38 bits per heavy atom. The highest BCUT2D eigenvalue weighted by Crippen LogP contribution is 2.33. The number of rotatable bonds is 3. The van der Waals surface area contributed by atoms with E-state index in [1.54, 1.807) is 12.1 Å². The van der Waals surface area contributed by atoms with E-state index in [0.717, 1.165) is 18.9 Å². The number of ether oxygens (including phenoxy) is 1. The molecular formula is C14H14FN3O3. The van der Waals surface area contributed by atoms with Crippen LogP contribution >= 0.6 is 0 Å². The predicted molar refractivity (Wildman–Crippen MR) is 75.8 cm³/mol. The Bertz CT molecular complexity index is 686. The Hall–Kier alpha value is -2.28. The van der Waals surface area contributed by atoms with E-state index in [-0.39, 0.29) is 22.9 Å². The first kappa shape index (κ1) is 13.7. The van der Waals surface area contributed by atoms with Crippen LogP contribution in [0.25, 0.3) is 10.9 Å². The molecule has 1 N–H and O–H groups in total. The molecule has 1 aliphatic heterocycles. The van der Waals surface area contributed by atoms with Crippen molar-refractivity contribution in [2.24, 2.45) is 0 Å².